The Morgan fingerprint density at radius 1 is 0.339 bits per heavy atom. The van der Waals surface area contributed by atoms with Crippen LogP contribution in [0.25, 0.3) is 88.7 Å². The molecule has 3 heterocycles. The van der Waals surface area contributed by atoms with Crippen LogP contribution in [0.3, 0.4) is 0 Å². The Labute approximate surface area is 664 Å². The van der Waals surface area contributed by atoms with E-state index >= 15 is 0 Å². The third-order valence-electron chi connectivity index (χ3n) is 25.3. The SMILES string of the molecule is CC(C)(C)C1=CC2=CC(c3ccc4c(c3)N(c3c(-c5ccccc5)cc(C(C)(C)C)cc3-c3ccccc3)c3cc(-c5ccc(C(C)(C)C)cc5)cc5c3B4c3ccc(-n4c6ccccc6c6ccccc64)cc3N5c3c(-c4ccccc4)cc(C(C)(C)C)cc3-c3ccccc3)=C3C=C(C(C)(C)C)CC4C=CC(=C1)C2C34. The molecule has 4 aliphatic carbocycles. The zero-order valence-electron chi connectivity index (χ0n) is 67.7. The fourth-order valence-electron chi connectivity index (χ4n) is 19.3. The quantitative estimate of drug-likeness (QED) is 0.133. The Bertz CT molecular complexity index is 6040. The van der Waals surface area contributed by atoms with Crippen LogP contribution in [0.5, 0.6) is 0 Å². The molecule has 3 unspecified atom stereocenters. The highest BCUT2D eigenvalue weighted by atomic mass is 15.2. The summed E-state index contributed by atoms with van der Waals surface area (Å²) in [5, 5.41) is 2.47. The van der Waals surface area contributed by atoms with Crippen LogP contribution in [0.2, 0.25) is 0 Å². The molecular formula is C108H100BN3. The lowest BCUT2D eigenvalue weighted by molar-refractivity contribution is 0.329. The van der Waals surface area contributed by atoms with E-state index in [4.69, 9.17) is 0 Å². The van der Waals surface area contributed by atoms with Crippen LogP contribution in [0.15, 0.2) is 331 Å². The third-order valence-corrected chi connectivity index (χ3v) is 25.3. The average Bonchev–Trinajstić information content (AvgIpc) is 0.743. The number of nitrogens with zero attached hydrogens (tertiary/aromatic N) is 3. The van der Waals surface area contributed by atoms with Gasteiger partial charge in [0, 0.05) is 73.3 Å². The van der Waals surface area contributed by atoms with Crippen LogP contribution in [0, 0.1) is 28.6 Å². The number of allylic oxidation sites excluding steroid dienone is 12. The second-order valence-corrected chi connectivity index (χ2v) is 37.7. The molecule has 0 fully saturated rings. The zero-order chi connectivity index (χ0) is 77.2. The van der Waals surface area contributed by atoms with Crippen molar-refractivity contribution in [2.75, 3.05) is 9.80 Å². The number of para-hydroxylation sites is 2. The van der Waals surface area contributed by atoms with Gasteiger partial charge in [-0.05, 0) is 206 Å². The van der Waals surface area contributed by atoms with E-state index < -0.39 is 0 Å². The molecule has 0 N–H and O–H groups in total. The Morgan fingerprint density at radius 3 is 1.24 bits per heavy atom. The van der Waals surface area contributed by atoms with Gasteiger partial charge >= 0.3 is 0 Å². The van der Waals surface area contributed by atoms with Gasteiger partial charge in [-0.3, -0.25) is 0 Å². The number of rotatable bonds is 9. The molecular weight excluding hydrogens is 1350 g/mol. The van der Waals surface area contributed by atoms with Crippen molar-refractivity contribution >= 4 is 84.6 Å². The minimum Gasteiger partial charge on any atom is -0.310 e. The summed E-state index contributed by atoms with van der Waals surface area (Å²) in [6.07, 6.45) is 16.6. The van der Waals surface area contributed by atoms with E-state index in [1.165, 1.54) is 133 Å². The van der Waals surface area contributed by atoms with Crippen molar-refractivity contribution in [2.24, 2.45) is 28.6 Å². The van der Waals surface area contributed by atoms with Crippen LogP contribution in [-0.4, -0.2) is 11.3 Å². The second kappa shape index (κ2) is 26.1. The highest BCUT2D eigenvalue weighted by Gasteiger charge is 2.49. The number of anilines is 6. The maximum Gasteiger partial charge on any atom is 0.252 e. The number of aromatic nitrogens is 1. The molecule has 2 aliphatic heterocycles. The van der Waals surface area contributed by atoms with Crippen molar-refractivity contribution in [3.05, 3.63) is 353 Å². The smallest absolute Gasteiger partial charge is 0.252 e. The molecule has 3 atom stereocenters. The highest BCUT2D eigenvalue weighted by molar-refractivity contribution is 7.00. The first kappa shape index (κ1) is 70.9. The Balaban J connectivity index is 1.01. The van der Waals surface area contributed by atoms with Crippen LogP contribution in [0.1, 0.15) is 133 Å². The lowest BCUT2D eigenvalue weighted by atomic mass is 9.33. The molecule has 0 radical (unpaired) electrons. The van der Waals surface area contributed by atoms with Gasteiger partial charge in [0.25, 0.3) is 6.71 Å². The van der Waals surface area contributed by atoms with Crippen LogP contribution < -0.4 is 26.2 Å². The van der Waals surface area contributed by atoms with Gasteiger partial charge in [0.15, 0.2) is 0 Å². The Hall–Kier alpha value is -11.5. The number of hydrogen-bond acceptors (Lipinski definition) is 2. The predicted molar refractivity (Wildman–Crippen MR) is 480 cm³/mol. The molecule has 6 aliphatic rings. The number of benzene rings is 12. The van der Waals surface area contributed by atoms with Gasteiger partial charge in [0.1, 0.15) is 0 Å². The molecule has 1 aromatic heterocycles. The lowest BCUT2D eigenvalue weighted by Crippen LogP contribution is -2.61. The molecule has 0 bridgehead atoms. The standard InChI is InChI=1S/C108H100BN3/c1-104(2,3)77-49-46-67(47-50-77)75-59-97-101-98(60-75)112(103-88(70-36-24-18-25-37-70)63-81(108(13,14)15)64-89(103)71-38-26-19-27-39-71)96-66-82(110-93-42-30-28-40-83(93)84-41-29-31-43-94(84)110)51-53-92(96)109(101)91-52-48-72(85-57-76-56-78(105(4,5)6)54-73-44-45-74-55-79(106(7,8)9)65-90(85)100(74)99(73)76)58-95(91)111(97)102-86(68-32-20-16-21-33-68)61-80(107(10,11)12)62-87(102)69-34-22-17-23-35-69/h16-54,56-66,74,99-100H,55H2,1-15H3. The van der Waals surface area contributed by atoms with E-state index in [-0.39, 0.29) is 45.6 Å². The highest BCUT2D eigenvalue weighted by Crippen LogP contribution is 2.60. The normalized spacial score (nSPS) is 17.2. The van der Waals surface area contributed by atoms with E-state index in [2.05, 4.69) is 422 Å². The molecule has 13 aromatic rings. The summed E-state index contributed by atoms with van der Waals surface area (Å²) in [4.78, 5) is 5.54. The van der Waals surface area contributed by atoms with Crippen molar-refractivity contribution in [3.8, 4) is 61.3 Å². The average molecular weight is 1450 g/mol. The van der Waals surface area contributed by atoms with Gasteiger partial charge in [0.05, 0.1) is 22.4 Å². The lowest BCUT2D eigenvalue weighted by Gasteiger charge is -2.48. The fourth-order valence-corrected chi connectivity index (χ4v) is 19.3. The van der Waals surface area contributed by atoms with Crippen molar-refractivity contribution in [1.29, 1.82) is 0 Å². The zero-order valence-corrected chi connectivity index (χ0v) is 67.7. The topological polar surface area (TPSA) is 11.4 Å². The molecule has 3 nitrogen and oxygen atoms in total. The maximum absolute atomic E-state index is 2.79. The molecule has 19 rings (SSSR count). The first-order valence-corrected chi connectivity index (χ1v) is 40.7. The predicted octanol–water partition coefficient (Wildman–Crippen LogP) is 27.5. The van der Waals surface area contributed by atoms with Gasteiger partial charge in [-0.15, -0.1) is 0 Å². The fraction of sp³-hybridized carbons (Fsp3) is 0.222. The molecule has 0 amide bonds. The number of hydrogen-bond donors (Lipinski definition) is 0. The van der Waals surface area contributed by atoms with Crippen molar-refractivity contribution in [1.82, 2.24) is 4.57 Å². The van der Waals surface area contributed by atoms with Gasteiger partial charge in [-0.2, -0.15) is 0 Å². The van der Waals surface area contributed by atoms with E-state index in [1.54, 1.807) is 0 Å². The van der Waals surface area contributed by atoms with Gasteiger partial charge in [-0.25, -0.2) is 0 Å². The van der Waals surface area contributed by atoms with Gasteiger partial charge in [-0.1, -0.05) is 346 Å². The number of fused-ring (bicyclic) bond motifs is 7. The second-order valence-electron chi connectivity index (χ2n) is 37.7. The summed E-state index contributed by atoms with van der Waals surface area (Å²) in [6.45, 7) is 35.4. The Kier molecular flexibility index (Phi) is 16.5. The summed E-state index contributed by atoms with van der Waals surface area (Å²) in [7, 11) is 0. The van der Waals surface area contributed by atoms with E-state index in [9.17, 15) is 0 Å². The van der Waals surface area contributed by atoms with Gasteiger partial charge < -0.3 is 14.4 Å². The van der Waals surface area contributed by atoms with Crippen molar-refractivity contribution in [2.45, 2.75) is 127 Å². The molecule has 112 heavy (non-hydrogen) atoms. The summed E-state index contributed by atoms with van der Waals surface area (Å²) in [5.41, 5.74) is 38.9. The Morgan fingerprint density at radius 2 is 0.777 bits per heavy atom. The summed E-state index contributed by atoms with van der Waals surface area (Å²) in [5.74, 6) is 0.928. The largest absolute Gasteiger partial charge is 0.310 e. The van der Waals surface area contributed by atoms with Crippen LogP contribution >= 0.6 is 0 Å². The maximum atomic E-state index is 2.79. The van der Waals surface area contributed by atoms with Crippen molar-refractivity contribution < 1.29 is 0 Å². The first-order valence-electron chi connectivity index (χ1n) is 40.7. The summed E-state index contributed by atoms with van der Waals surface area (Å²) < 4.78 is 2.52. The first-order chi connectivity index (χ1) is 53.7. The minimum atomic E-state index is -0.255. The molecule has 0 saturated carbocycles. The molecule has 4 heteroatoms. The van der Waals surface area contributed by atoms with Crippen LogP contribution in [-0.2, 0) is 16.2 Å². The molecule has 0 spiro atoms. The van der Waals surface area contributed by atoms with Gasteiger partial charge in [0.2, 0.25) is 0 Å². The van der Waals surface area contributed by atoms with Crippen molar-refractivity contribution in [3.63, 3.8) is 0 Å². The minimum absolute atomic E-state index is 0.0232. The monoisotopic (exact) mass is 1450 g/mol. The van der Waals surface area contributed by atoms with E-state index in [0.29, 0.717) is 5.92 Å². The van der Waals surface area contributed by atoms with E-state index in [1.807, 2.05) is 0 Å². The molecule has 0 saturated heterocycles. The van der Waals surface area contributed by atoms with Crippen LogP contribution in [0.4, 0.5) is 34.1 Å². The molecule has 12 aromatic carbocycles. The third kappa shape index (κ3) is 11.8. The summed E-state index contributed by atoms with van der Waals surface area (Å²) >= 11 is 0. The van der Waals surface area contributed by atoms with E-state index in [0.717, 1.165) is 62.8 Å². The summed E-state index contributed by atoms with van der Waals surface area (Å²) in [6, 6.07) is 103. The molecule has 550 valence electrons.